The molecule has 0 aliphatic heterocycles. The molecule has 2 atom stereocenters. The van der Waals surface area contributed by atoms with E-state index in [1.807, 2.05) is 0 Å². The highest BCUT2D eigenvalue weighted by atomic mass is 16.3. The van der Waals surface area contributed by atoms with Gasteiger partial charge in [-0.2, -0.15) is 0 Å². The molecule has 0 bridgehead atoms. The van der Waals surface area contributed by atoms with Crippen molar-refractivity contribution >= 4 is 17.5 Å². The van der Waals surface area contributed by atoms with Gasteiger partial charge in [0, 0.05) is 23.7 Å². The van der Waals surface area contributed by atoms with Crippen LogP contribution in [0, 0.1) is 18.3 Å². The molecule has 0 radical (unpaired) electrons. The second kappa shape index (κ2) is 7.62. The zero-order valence-corrected chi connectivity index (χ0v) is 12.3. The minimum Gasteiger partial charge on any atom is -0.393 e. The average Bonchev–Trinajstić information content (AvgIpc) is 2.54. The summed E-state index contributed by atoms with van der Waals surface area (Å²) >= 11 is 0. The third kappa shape index (κ3) is 4.34. The van der Waals surface area contributed by atoms with E-state index in [9.17, 15) is 14.7 Å². The molecule has 5 nitrogen and oxygen atoms in total. The summed E-state index contributed by atoms with van der Waals surface area (Å²) in [5, 5.41) is 14.9. The molecule has 1 fully saturated rings. The van der Waals surface area contributed by atoms with Crippen molar-refractivity contribution < 1.29 is 14.7 Å². The smallest absolute Gasteiger partial charge is 0.313 e. The number of carbonyl (C=O) groups is 2. The summed E-state index contributed by atoms with van der Waals surface area (Å²) in [6, 6.07) is 6.73. The SMILES string of the molecule is C#Cc1cccc(NC(=O)C(=O)NCC2CCCCC2O)c1. The van der Waals surface area contributed by atoms with E-state index in [4.69, 9.17) is 6.42 Å². The van der Waals surface area contributed by atoms with Gasteiger partial charge in [-0.25, -0.2) is 0 Å². The largest absolute Gasteiger partial charge is 0.393 e. The maximum Gasteiger partial charge on any atom is 0.313 e. The second-order valence-corrected chi connectivity index (χ2v) is 5.50. The Bertz CT molecular complexity index is 592. The summed E-state index contributed by atoms with van der Waals surface area (Å²) in [6.07, 6.45) is 8.57. The fourth-order valence-electron chi connectivity index (χ4n) is 2.60. The van der Waals surface area contributed by atoms with Gasteiger partial charge in [-0.05, 0) is 31.0 Å². The summed E-state index contributed by atoms with van der Waals surface area (Å²) in [4.78, 5) is 23.6. The van der Waals surface area contributed by atoms with Crippen LogP contribution in [0.2, 0.25) is 0 Å². The van der Waals surface area contributed by atoms with Gasteiger partial charge in [0.25, 0.3) is 0 Å². The molecule has 1 saturated carbocycles. The Morgan fingerprint density at radius 1 is 1.27 bits per heavy atom. The van der Waals surface area contributed by atoms with Gasteiger partial charge in [0.2, 0.25) is 0 Å². The van der Waals surface area contributed by atoms with Crippen LogP contribution in [-0.2, 0) is 9.59 Å². The molecule has 1 aliphatic rings. The molecule has 2 amide bonds. The summed E-state index contributed by atoms with van der Waals surface area (Å²) in [5.74, 6) is 1.05. The Kier molecular flexibility index (Phi) is 5.56. The van der Waals surface area contributed by atoms with E-state index in [1.165, 1.54) is 0 Å². The van der Waals surface area contributed by atoms with Crippen molar-refractivity contribution in [2.24, 2.45) is 5.92 Å². The van der Waals surface area contributed by atoms with Crippen molar-refractivity contribution in [3.05, 3.63) is 29.8 Å². The number of hydrogen-bond donors (Lipinski definition) is 3. The molecule has 0 spiro atoms. The first-order chi connectivity index (χ1) is 10.6. The molecule has 1 aromatic rings. The average molecular weight is 300 g/mol. The van der Waals surface area contributed by atoms with Crippen LogP contribution in [0.25, 0.3) is 0 Å². The van der Waals surface area contributed by atoms with Gasteiger partial charge in [-0.1, -0.05) is 24.8 Å². The Morgan fingerprint density at radius 3 is 2.77 bits per heavy atom. The van der Waals surface area contributed by atoms with E-state index in [1.54, 1.807) is 24.3 Å². The number of rotatable bonds is 3. The minimum absolute atomic E-state index is 0.0234. The summed E-state index contributed by atoms with van der Waals surface area (Å²) in [7, 11) is 0. The number of benzene rings is 1. The lowest BCUT2D eigenvalue weighted by molar-refractivity contribution is -0.136. The molecule has 5 heteroatoms. The zero-order valence-electron chi connectivity index (χ0n) is 12.3. The first kappa shape index (κ1) is 16.1. The topological polar surface area (TPSA) is 78.4 Å². The highest BCUT2D eigenvalue weighted by molar-refractivity contribution is 6.39. The van der Waals surface area contributed by atoms with Crippen LogP contribution >= 0.6 is 0 Å². The van der Waals surface area contributed by atoms with E-state index in [0.717, 1.165) is 25.7 Å². The Balaban J connectivity index is 1.84. The third-order valence-corrected chi connectivity index (χ3v) is 3.89. The Hall–Kier alpha value is -2.32. The third-order valence-electron chi connectivity index (χ3n) is 3.89. The quantitative estimate of drug-likeness (QED) is 0.581. The molecule has 1 aliphatic carbocycles. The molecule has 2 unspecified atom stereocenters. The molecule has 1 aromatic carbocycles. The number of aliphatic hydroxyl groups is 1. The van der Waals surface area contributed by atoms with Crippen molar-refractivity contribution in [2.45, 2.75) is 31.8 Å². The monoisotopic (exact) mass is 300 g/mol. The molecule has 0 heterocycles. The van der Waals surface area contributed by atoms with Gasteiger partial charge >= 0.3 is 11.8 Å². The van der Waals surface area contributed by atoms with Crippen molar-refractivity contribution in [3.63, 3.8) is 0 Å². The van der Waals surface area contributed by atoms with E-state index >= 15 is 0 Å². The Morgan fingerprint density at radius 2 is 2.05 bits per heavy atom. The van der Waals surface area contributed by atoms with Crippen LogP contribution < -0.4 is 10.6 Å². The van der Waals surface area contributed by atoms with E-state index in [2.05, 4.69) is 16.6 Å². The molecule has 2 rings (SSSR count). The number of anilines is 1. The first-order valence-corrected chi connectivity index (χ1v) is 7.44. The fourth-order valence-corrected chi connectivity index (χ4v) is 2.60. The second-order valence-electron chi connectivity index (χ2n) is 5.50. The zero-order chi connectivity index (χ0) is 15.9. The van der Waals surface area contributed by atoms with Crippen LogP contribution in [0.3, 0.4) is 0 Å². The first-order valence-electron chi connectivity index (χ1n) is 7.44. The summed E-state index contributed by atoms with van der Waals surface area (Å²) < 4.78 is 0. The summed E-state index contributed by atoms with van der Waals surface area (Å²) in [5.41, 5.74) is 1.11. The molecular formula is C17H20N2O3. The minimum atomic E-state index is -0.737. The molecule has 116 valence electrons. The van der Waals surface area contributed by atoms with Crippen molar-refractivity contribution in [1.82, 2.24) is 5.32 Å². The van der Waals surface area contributed by atoms with Gasteiger partial charge < -0.3 is 15.7 Å². The van der Waals surface area contributed by atoms with Crippen LogP contribution in [0.15, 0.2) is 24.3 Å². The lowest BCUT2D eigenvalue weighted by Gasteiger charge is -2.27. The number of hydrogen-bond acceptors (Lipinski definition) is 3. The molecule has 0 saturated heterocycles. The lowest BCUT2D eigenvalue weighted by atomic mass is 9.86. The van der Waals surface area contributed by atoms with Crippen LogP contribution in [0.5, 0.6) is 0 Å². The van der Waals surface area contributed by atoms with Crippen molar-refractivity contribution in [3.8, 4) is 12.3 Å². The maximum atomic E-state index is 11.8. The van der Waals surface area contributed by atoms with Crippen LogP contribution in [0.4, 0.5) is 5.69 Å². The highest BCUT2D eigenvalue weighted by Gasteiger charge is 2.24. The highest BCUT2D eigenvalue weighted by Crippen LogP contribution is 2.23. The molecular weight excluding hydrogens is 280 g/mol. The standard InChI is InChI=1S/C17H20N2O3/c1-2-12-6-5-8-14(10-12)19-17(22)16(21)18-11-13-7-3-4-9-15(13)20/h1,5-6,8,10,13,15,20H,3-4,7,9,11H2,(H,18,21)(H,19,22). The van der Waals surface area contributed by atoms with Crippen LogP contribution in [0.1, 0.15) is 31.2 Å². The number of aliphatic hydroxyl groups excluding tert-OH is 1. The summed E-state index contributed by atoms with van der Waals surface area (Å²) in [6.45, 7) is 0.317. The van der Waals surface area contributed by atoms with E-state index < -0.39 is 17.9 Å². The number of amides is 2. The van der Waals surface area contributed by atoms with Gasteiger partial charge in [0.1, 0.15) is 0 Å². The van der Waals surface area contributed by atoms with Crippen LogP contribution in [-0.4, -0.2) is 29.6 Å². The van der Waals surface area contributed by atoms with Gasteiger partial charge in [0.05, 0.1) is 6.10 Å². The normalized spacial score (nSPS) is 20.7. The molecule has 22 heavy (non-hydrogen) atoms. The number of nitrogens with one attached hydrogen (secondary N) is 2. The van der Waals surface area contributed by atoms with Crippen molar-refractivity contribution in [2.75, 3.05) is 11.9 Å². The van der Waals surface area contributed by atoms with E-state index in [0.29, 0.717) is 17.8 Å². The van der Waals surface area contributed by atoms with Crippen molar-refractivity contribution in [1.29, 1.82) is 0 Å². The fraction of sp³-hybridized carbons (Fsp3) is 0.412. The number of carbonyl (C=O) groups excluding carboxylic acids is 2. The van der Waals surface area contributed by atoms with Gasteiger partial charge in [0.15, 0.2) is 0 Å². The predicted molar refractivity (Wildman–Crippen MR) is 84.0 cm³/mol. The molecule has 0 aromatic heterocycles. The number of terminal acetylenes is 1. The Labute approximate surface area is 130 Å². The maximum absolute atomic E-state index is 11.8. The van der Waals surface area contributed by atoms with Gasteiger partial charge in [-0.3, -0.25) is 9.59 Å². The van der Waals surface area contributed by atoms with E-state index in [-0.39, 0.29) is 5.92 Å². The lowest BCUT2D eigenvalue weighted by Crippen LogP contribution is -2.41. The van der Waals surface area contributed by atoms with Gasteiger partial charge in [-0.15, -0.1) is 6.42 Å². The molecule has 3 N–H and O–H groups in total. The predicted octanol–water partition coefficient (Wildman–Crippen LogP) is 1.27.